The van der Waals surface area contributed by atoms with Crippen LogP contribution in [0, 0.1) is 0 Å². The molecule has 2 aliphatic rings. The molecule has 1 unspecified atom stereocenters. The zero-order valence-electron chi connectivity index (χ0n) is 11.1. The fourth-order valence-electron chi connectivity index (χ4n) is 3.33. The molecule has 0 bridgehead atoms. The summed E-state index contributed by atoms with van der Waals surface area (Å²) in [6.07, 6.45) is 3.94. The molecule has 0 radical (unpaired) electrons. The van der Waals surface area contributed by atoms with Gasteiger partial charge in [-0.15, -0.1) is 0 Å². The lowest BCUT2D eigenvalue weighted by molar-refractivity contribution is 0.215. The van der Waals surface area contributed by atoms with Crippen molar-refractivity contribution >= 4 is 23.2 Å². The lowest BCUT2D eigenvalue weighted by atomic mass is 10.1. The maximum Gasteiger partial charge on any atom is 0.0465 e. The Labute approximate surface area is 125 Å². The molecule has 2 fully saturated rings. The van der Waals surface area contributed by atoms with Crippen LogP contribution in [-0.4, -0.2) is 42.0 Å². The van der Waals surface area contributed by atoms with E-state index in [0.717, 1.165) is 41.3 Å². The Morgan fingerprint density at radius 2 is 1.79 bits per heavy atom. The van der Waals surface area contributed by atoms with Crippen LogP contribution in [0.2, 0.25) is 10.0 Å². The summed E-state index contributed by atoms with van der Waals surface area (Å²) in [6.45, 7) is 5.71. The van der Waals surface area contributed by atoms with Crippen molar-refractivity contribution in [3.63, 3.8) is 0 Å². The number of hydrogen-bond donors (Lipinski definition) is 0. The largest absolute Gasteiger partial charge is 0.299 e. The van der Waals surface area contributed by atoms with Gasteiger partial charge in [-0.25, -0.2) is 0 Å². The molecule has 2 heterocycles. The van der Waals surface area contributed by atoms with Gasteiger partial charge in [0, 0.05) is 34.7 Å². The van der Waals surface area contributed by atoms with E-state index in [1.165, 1.54) is 32.4 Å². The van der Waals surface area contributed by atoms with E-state index in [1.54, 1.807) is 0 Å². The first-order chi connectivity index (χ1) is 9.24. The molecule has 0 aliphatic carbocycles. The summed E-state index contributed by atoms with van der Waals surface area (Å²) in [4.78, 5) is 5.16. The van der Waals surface area contributed by atoms with E-state index in [9.17, 15) is 0 Å². The first-order valence-electron chi connectivity index (χ1n) is 7.13. The summed E-state index contributed by atoms with van der Waals surface area (Å²) in [5, 5.41) is 1.58. The minimum absolute atomic E-state index is 0.740. The molecule has 0 aromatic heterocycles. The third kappa shape index (κ3) is 3.08. The van der Waals surface area contributed by atoms with Gasteiger partial charge in [0.15, 0.2) is 0 Å². The summed E-state index contributed by atoms with van der Waals surface area (Å²) in [7, 11) is 0. The Kier molecular flexibility index (Phi) is 4.33. The third-order valence-electron chi connectivity index (χ3n) is 4.33. The molecule has 104 valence electrons. The Hall–Kier alpha value is -0.280. The van der Waals surface area contributed by atoms with Crippen molar-refractivity contribution in [3.05, 3.63) is 33.8 Å². The molecule has 0 N–H and O–H groups in total. The van der Waals surface area contributed by atoms with E-state index >= 15 is 0 Å². The zero-order valence-corrected chi connectivity index (χ0v) is 12.6. The summed E-state index contributed by atoms with van der Waals surface area (Å²) in [5.74, 6) is 0. The molecule has 2 saturated heterocycles. The molecule has 2 aliphatic heterocycles. The molecule has 3 rings (SSSR count). The van der Waals surface area contributed by atoms with E-state index in [4.69, 9.17) is 23.2 Å². The highest BCUT2D eigenvalue weighted by Crippen LogP contribution is 2.28. The minimum atomic E-state index is 0.740. The van der Waals surface area contributed by atoms with Crippen LogP contribution in [0.1, 0.15) is 24.8 Å². The minimum Gasteiger partial charge on any atom is -0.299 e. The van der Waals surface area contributed by atoms with Crippen molar-refractivity contribution in [1.82, 2.24) is 9.80 Å². The predicted octanol–water partition coefficient (Wildman–Crippen LogP) is 3.66. The molecule has 0 spiro atoms. The second-order valence-corrected chi connectivity index (χ2v) is 6.44. The number of benzene rings is 1. The van der Waals surface area contributed by atoms with E-state index in [2.05, 4.69) is 9.80 Å². The summed E-state index contributed by atoms with van der Waals surface area (Å²) in [6, 6.07) is 6.52. The molecule has 1 atom stereocenters. The van der Waals surface area contributed by atoms with Crippen LogP contribution in [-0.2, 0) is 6.54 Å². The standard InChI is InChI=1S/C15H20Cl2N2/c16-14-5-1-6-15(17)13(14)11-18-7-3-9-19-8-2-4-12(19)10-18/h1,5-6,12H,2-4,7-11H2. The van der Waals surface area contributed by atoms with Crippen LogP contribution in [0.15, 0.2) is 18.2 Å². The highest BCUT2D eigenvalue weighted by molar-refractivity contribution is 6.35. The van der Waals surface area contributed by atoms with Crippen molar-refractivity contribution in [2.24, 2.45) is 0 Å². The third-order valence-corrected chi connectivity index (χ3v) is 5.04. The maximum absolute atomic E-state index is 6.28. The van der Waals surface area contributed by atoms with Gasteiger partial charge in [-0.2, -0.15) is 0 Å². The molecule has 1 aromatic rings. The van der Waals surface area contributed by atoms with Gasteiger partial charge in [-0.1, -0.05) is 29.3 Å². The van der Waals surface area contributed by atoms with Gasteiger partial charge in [-0.3, -0.25) is 9.80 Å². The van der Waals surface area contributed by atoms with Crippen LogP contribution < -0.4 is 0 Å². The highest BCUT2D eigenvalue weighted by atomic mass is 35.5. The first-order valence-corrected chi connectivity index (χ1v) is 7.89. The summed E-state index contributed by atoms with van der Waals surface area (Å²) in [5.41, 5.74) is 1.08. The number of rotatable bonds is 2. The Morgan fingerprint density at radius 3 is 2.58 bits per heavy atom. The normalized spacial score (nSPS) is 25.3. The molecule has 2 nitrogen and oxygen atoms in total. The second kappa shape index (κ2) is 6.01. The van der Waals surface area contributed by atoms with Crippen molar-refractivity contribution in [2.75, 3.05) is 26.2 Å². The van der Waals surface area contributed by atoms with Gasteiger partial charge >= 0.3 is 0 Å². The molecule has 0 saturated carbocycles. The SMILES string of the molecule is Clc1cccc(Cl)c1CN1CCCN2CCCC2C1. The van der Waals surface area contributed by atoms with Crippen LogP contribution in [0.3, 0.4) is 0 Å². The van der Waals surface area contributed by atoms with Gasteiger partial charge in [-0.05, 0) is 51.0 Å². The van der Waals surface area contributed by atoms with Gasteiger partial charge in [0.1, 0.15) is 0 Å². The topological polar surface area (TPSA) is 6.48 Å². The zero-order chi connectivity index (χ0) is 13.2. The first kappa shape index (κ1) is 13.7. The monoisotopic (exact) mass is 298 g/mol. The average molecular weight is 299 g/mol. The van der Waals surface area contributed by atoms with E-state index in [-0.39, 0.29) is 0 Å². The predicted molar refractivity (Wildman–Crippen MR) is 81.0 cm³/mol. The van der Waals surface area contributed by atoms with Crippen LogP contribution in [0.4, 0.5) is 0 Å². The second-order valence-electron chi connectivity index (χ2n) is 5.62. The van der Waals surface area contributed by atoms with Gasteiger partial charge < -0.3 is 0 Å². The Balaban J connectivity index is 1.72. The van der Waals surface area contributed by atoms with Gasteiger partial charge in [0.25, 0.3) is 0 Å². The highest BCUT2D eigenvalue weighted by Gasteiger charge is 2.28. The Morgan fingerprint density at radius 1 is 1.05 bits per heavy atom. The fourth-order valence-corrected chi connectivity index (χ4v) is 3.85. The number of hydrogen-bond acceptors (Lipinski definition) is 2. The fraction of sp³-hybridized carbons (Fsp3) is 0.600. The number of nitrogens with zero attached hydrogens (tertiary/aromatic N) is 2. The quantitative estimate of drug-likeness (QED) is 0.822. The number of halogens is 2. The van der Waals surface area contributed by atoms with Crippen LogP contribution >= 0.6 is 23.2 Å². The Bertz CT molecular complexity index is 430. The number of fused-ring (bicyclic) bond motifs is 1. The smallest absolute Gasteiger partial charge is 0.0465 e. The van der Waals surface area contributed by atoms with Crippen molar-refractivity contribution < 1.29 is 0 Å². The lowest BCUT2D eigenvalue weighted by Gasteiger charge is -2.26. The molecule has 4 heteroatoms. The average Bonchev–Trinajstić information content (AvgIpc) is 2.73. The van der Waals surface area contributed by atoms with E-state index < -0.39 is 0 Å². The molecular formula is C15H20Cl2N2. The van der Waals surface area contributed by atoms with E-state index in [0.29, 0.717) is 0 Å². The van der Waals surface area contributed by atoms with Gasteiger partial charge in [0.05, 0.1) is 0 Å². The van der Waals surface area contributed by atoms with Crippen LogP contribution in [0.5, 0.6) is 0 Å². The van der Waals surface area contributed by atoms with Crippen molar-refractivity contribution in [2.45, 2.75) is 31.8 Å². The van der Waals surface area contributed by atoms with Crippen molar-refractivity contribution in [1.29, 1.82) is 0 Å². The van der Waals surface area contributed by atoms with E-state index in [1.807, 2.05) is 18.2 Å². The molecule has 1 aromatic carbocycles. The van der Waals surface area contributed by atoms with Gasteiger partial charge in [0.2, 0.25) is 0 Å². The summed E-state index contributed by atoms with van der Waals surface area (Å²) < 4.78 is 0. The molecule has 0 amide bonds. The molecule has 19 heavy (non-hydrogen) atoms. The molecular weight excluding hydrogens is 279 g/mol. The lowest BCUT2D eigenvalue weighted by Crippen LogP contribution is -2.36. The van der Waals surface area contributed by atoms with Crippen molar-refractivity contribution in [3.8, 4) is 0 Å². The maximum atomic E-state index is 6.28. The summed E-state index contributed by atoms with van der Waals surface area (Å²) >= 11 is 12.6. The van der Waals surface area contributed by atoms with Crippen LogP contribution in [0.25, 0.3) is 0 Å².